The van der Waals surface area contributed by atoms with Gasteiger partial charge in [-0.05, 0) is 24.5 Å². The van der Waals surface area contributed by atoms with Gasteiger partial charge >= 0.3 is 0 Å². The molecule has 0 bridgehead atoms. The number of fused-ring (bicyclic) bond motifs is 1. The molecule has 3 N–H and O–H groups in total. The van der Waals surface area contributed by atoms with Gasteiger partial charge in [-0.3, -0.25) is 14.6 Å². The predicted octanol–water partition coefficient (Wildman–Crippen LogP) is 1.62. The number of carbonyl (C=O) groups excluding carboxylic acids is 2. The van der Waals surface area contributed by atoms with Crippen LogP contribution in [0.5, 0.6) is 0 Å². The molecule has 1 saturated carbocycles. The Balaban J connectivity index is 1.84. The number of hydrogen-bond donors (Lipinski definition) is 2. The maximum absolute atomic E-state index is 12.4. The van der Waals surface area contributed by atoms with Crippen molar-refractivity contribution in [2.75, 3.05) is 0 Å². The number of nitrogens with two attached hydrogens (primary N) is 1. The number of nitrogens with one attached hydrogen (secondary N) is 1. The van der Waals surface area contributed by atoms with Gasteiger partial charge in [0.1, 0.15) is 6.04 Å². The van der Waals surface area contributed by atoms with Crippen molar-refractivity contribution in [3.63, 3.8) is 0 Å². The highest BCUT2D eigenvalue weighted by Gasteiger charge is 2.29. The Kier molecular flexibility index (Phi) is 3.56. The fourth-order valence-corrected chi connectivity index (χ4v) is 2.46. The molecule has 1 atom stereocenters. The lowest BCUT2D eigenvalue weighted by molar-refractivity contribution is -0.120. The molecule has 3 rings (SSSR count). The third-order valence-corrected chi connectivity index (χ3v) is 3.81. The van der Waals surface area contributed by atoms with Gasteiger partial charge in [0.15, 0.2) is 0 Å². The highest BCUT2D eigenvalue weighted by atomic mass is 16.2. The van der Waals surface area contributed by atoms with E-state index in [0.717, 1.165) is 23.7 Å². The summed E-state index contributed by atoms with van der Waals surface area (Å²) in [6.45, 7) is 0. The molecule has 1 heterocycles. The van der Waals surface area contributed by atoms with Gasteiger partial charge in [0, 0.05) is 11.6 Å². The standard InChI is InChI=1S/C16H17N3O2/c17-15(20)14(9-10-5-6-10)19-16(21)12-7-8-18-13-4-2-1-3-11(12)13/h1-4,7-8,10,14H,5-6,9H2,(H2,17,20)(H,19,21)/t14-/m1/s1. The Labute approximate surface area is 122 Å². The molecule has 108 valence electrons. The normalized spacial score (nSPS) is 15.6. The van der Waals surface area contributed by atoms with Crippen LogP contribution < -0.4 is 11.1 Å². The van der Waals surface area contributed by atoms with Gasteiger partial charge in [0.25, 0.3) is 5.91 Å². The van der Waals surface area contributed by atoms with Gasteiger partial charge in [0.05, 0.1) is 11.1 Å². The Bertz CT molecular complexity index is 689. The van der Waals surface area contributed by atoms with Gasteiger partial charge < -0.3 is 11.1 Å². The first-order valence-corrected chi connectivity index (χ1v) is 7.09. The molecular weight excluding hydrogens is 266 g/mol. The Hall–Kier alpha value is -2.43. The van der Waals surface area contributed by atoms with E-state index in [2.05, 4.69) is 10.3 Å². The third kappa shape index (κ3) is 3.02. The molecule has 1 aliphatic carbocycles. The van der Waals surface area contributed by atoms with Crippen LogP contribution in [0.2, 0.25) is 0 Å². The number of primary amides is 1. The van der Waals surface area contributed by atoms with E-state index in [0.29, 0.717) is 17.9 Å². The van der Waals surface area contributed by atoms with Crippen molar-refractivity contribution in [2.24, 2.45) is 11.7 Å². The minimum Gasteiger partial charge on any atom is -0.368 e. The van der Waals surface area contributed by atoms with Gasteiger partial charge in [-0.15, -0.1) is 0 Å². The lowest BCUT2D eigenvalue weighted by Crippen LogP contribution is -2.44. The van der Waals surface area contributed by atoms with Gasteiger partial charge in [0.2, 0.25) is 5.91 Å². The molecule has 1 aromatic heterocycles. The number of aromatic nitrogens is 1. The minimum absolute atomic E-state index is 0.280. The average molecular weight is 283 g/mol. The molecule has 0 aliphatic heterocycles. The van der Waals surface area contributed by atoms with Crippen LogP contribution >= 0.6 is 0 Å². The van der Waals surface area contributed by atoms with Crippen molar-refractivity contribution in [3.05, 3.63) is 42.1 Å². The number of nitrogens with zero attached hydrogens (tertiary/aromatic N) is 1. The van der Waals surface area contributed by atoms with Crippen LogP contribution in [0.3, 0.4) is 0 Å². The van der Waals surface area contributed by atoms with Crippen LogP contribution in [-0.4, -0.2) is 22.8 Å². The Morgan fingerprint density at radius 1 is 1.29 bits per heavy atom. The molecule has 0 saturated heterocycles. The fourth-order valence-electron chi connectivity index (χ4n) is 2.46. The summed E-state index contributed by atoms with van der Waals surface area (Å²) in [4.78, 5) is 28.1. The number of pyridine rings is 1. The molecule has 0 radical (unpaired) electrons. The molecule has 5 heteroatoms. The van der Waals surface area contributed by atoms with Crippen LogP contribution in [0.4, 0.5) is 0 Å². The molecule has 1 fully saturated rings. The van der Waals surface area contributed by atoms with Gasteiger partial charge in [-0.2, -0.15) is 0 Å². The summed E-state index contributed by atoms with van der Waals surface area (Å²) < 4.78 is 0. The maximum Gasteiger partial charge on any atom is 0.252 e. The second-order valence-corrected chi connectivity index (χ2v) is 5.48. The summed E-state index contributed by atoms with van der Waals surface area (Å²) >= 11 is 0. The molecule has 2 amide bonds. The minimum atomic E-state index is -0.600. The zero-order chi connectivity index (χ0) is 14.8. The Morgan fingerprint density at radius 3 is 2.76 bits per heavy atom. The highest BCUT2D eigenvalue weighted by molar-refractivity contribution is 6.07. The monoisotopic (exact) mass is 283 g/mol. The molecule has 21 heavy (non-hydrogen) atoms. The SMILES string of the molecule is NC(=O)[C@@H](CC1CC1)NC(=O)c1ccnc2ccccc12. The fraction of sp³-hybridized carbons (Fsp3) is 0.312. The van der Waals surface area contributed by atoms with E-state index in [-0.39, 0.29) is 5.91 Å². The van der Waals surface area contributed by atoms with Crippen molar-refractivity contribution in [1.29, 1.82) is 0 Å². The summed E-state index contributed by atoms with van der Waals surface area (Å²) in [7, 11) is 0. The molecule has 1 aliphatic rings. The molecule has 1 aromatic carbocycles. The topological polar surface area (TPSA) is 85.1 Å². The molecule has 5 nitrogen and oxygen atoms in total. The summed E-state index contributed by atoms with van der Waals surface area (Å²) in [5.41, 5.74) is 6.65. The number of rotatable bonds is 5. The maximum atomic E-state index is 12.4. The number of amides is 2. The van der Waals surface area contributed by atoms with Crippen molar-refractivity contribution < 1.29 is 9.59 Å². The van der Waals surface area contributed by atoms with Crippen molar-refractivity contribution in [3.8, 4) is 0 Å². The van der Waals surface area contributed by atoms with Crippen LogP contribution in [0.1, 0.15) is 29.6 Å². The zero-order valence-corrected chi connectivity index (χ0v) is 11.6. The van der Waals surface area contributed by atoms with Crippen molar-refractivity contribution in [2.45, 2.75) is 25.3 Å². The number of para-hydroxylation sites is 1. The quantitative estimate of drug-likeness (QED) is 0.874. The van der Waals surface area contributed by atoms with E-state index in [1.165, 1.54) is 0 Å². The molecule has 0 unspecified atom stereocenters. The molecule has 0 spiro atoms. The van der Waals surface area contributed by atoms with E-state index in [4.69, 9.17) is 5.73 Å². The largest absolute Gasteiger partial charge is 0.368 e. The lowest BCUT2D eigenvalue weighted by Gasteiger charge is -2.15. The second kappa shape index (κ2) is 5.52. The summed E-state index contributed by atoms with van der Waals surface area (Å²) in [5, 5.41) is 3.53. The molecular formula is C16H17N3O2. The smallest absolute Gasteiger partial charge is 0.252 e. The highest BCUT2D eigenvalue weighted by Crippen LogP contribution is 2.33. The van der Waals surface area contributed by atoms with E-state index in [1.54, 1.807) is 12.3 Å². The van der Waals surface area contributed by atoms with Gasteiger partial charge in [-0.1, -0.05) is 31.0 Å². The van der Waals surface area contributed by atoms with Gasteiger partial charge in [-0.25, -0.2) is 0 Å². The number of hydrogen-bond acceptors (Lipinski definition) is 3. The second-order valence-electron chi connectivity index (χ2n) is 5.48. The van der Waals surface area contributed by atoms with E-state index in [9.17, 15) is 9.59 Å². The van der Waals surface area contributed by atoms with Crippen molar-refractivity contribution in [1.82, 2.24) is 10.3 Å². The first-order chi connectivity index (χ1) is 10.1. The van der Waals surface area contributed by atoms with E-state index < -0.39 is 11.9 Å². The zero-order valence-electron chi connectivity index (χ0n) is 11.6. The van der Waals surface area contributed by atoms with E-state index in [1.807, 2.05) is 24.3 Å². The number of carbonyl (C=O) groups is 2. The number of benzene rings is 1. The summed E-state index contributed by atoms with van der Waals surface area (Å²) in [6.07, 6.45) is 4.44. The van der Waals surface area contributed by atoms with Crippen LogP contribution in [-0.2, 0) is 4.79 Å². The average Bonchev–Trinajstić information content (AvgIpc) is 3.29. The van der Waals surface area contributed by atoms with Crippen LogP contribution in [0.25, 0.3) is 10.9 Å². The van der Waals surface area contributed by atoms with E-state index >= 15 is 0 Å². The van der Waals surface area contributed by atoms with Crippen LogP contribution in [0, 0.1) is 5.92 Å². The summed E-state index contributed by atoms with van der Waals surface area (Å²) in [6, 6.07) is 8.48. The van der Waals surface area contributed by atoms with Crippen LogP contribution in [0.15, 0.2) is 36.5 Å². The first kappa shape index (κ1) is 13.5. The molecule has 2 aromatic rings. The third-order valence-electron chi connectivity index (χ3n) is 3.81. The first-order valence-electron chi connectivity index (χ1n) is 7.09. The van der Waals surface area contributed by atoms with Crippen molar-refractivity contribution >= 4 is 22.7 Å². The summed E-state index contributed by atoms with van der Waals surface area (Å²) in [5.74, 6) is -0.247. The lowest BCUT2D eigenvalue weighted by atomic mass is 10.1. The predicted molar refractivity (Wildman–Crippen MR) is 79.5 cm³/mol. The Morgan fingerprint density at radius 2 is 2.05 bits per heavy atom.